The number of para-hydroxylation sites is 1. The summed E-state index contributed by atoms with van der Waals surface area (Å²) in [6.07, 6.45) is -3.39. The average Bonchev–Trinajstić information content (AvgIpc) is 2.39. The fourth-order valence-electron chi connectivity index (χ4n) is 1.72. The molecule has 0 spiro atoms. The minimum atomic E-state index is -4.62. The van der Waals surface area contributed by atoms with Crippen molar-refractivity contribution in [3.05, 3.63) is 42.1 Å². The van der Waals surface area contributed by atoms with E-state index in [0.29, 0.717) is 10.9 Å². The molecule has 0 bridgehead atoms. The maximum atomic E-state index is 12.9. The van der Waals surface area contributed by atoms with Gasteiger partial charge in [0.15, 0.2) is 0 Å². The number of aromatic nitrogens is 1. The maximum absolute atomic E-state index is 12.9. The van der Waals surface area contributed by atoms with Crippen molar-refractivity contribution in [2.75, 3.05) is 0 Å². The molecule has 0 N–H and O–H groups in total. The lowest BCUT2D eigenvalue weighted by Crippen LogP contribution is -2.37. The predicted molar refractivity (Wildman–Crippen MR) is 61.4 cm³/mol. The lowest BCUT2D eigenvalue weighted by Gasteiger charge is -2.14. The summed E-state index contributed by atoms with van der Waals surface area (Å²) in [6, 6.07) is 7.99. The van der Waals surface area contributed by atoms with E-state index >= 15 is 0 Å². The van der Waals surface area contributed by atoms with Gasteiger partial charge in [-0.15, -0.1) is 0 Å². The van der Waals surface area contributed by atoms with E-state index in [0.717, 1.165) is 0 Å². The summed E-state index contributed by atoms with van der Waals surface area (Å²) in [7, 11) is 0. The number of hydrogen-bond acceptors (Lipinski definition) is 2. The van der Waals surface area contributed by atoms with Crippen molar-refractivity contribution in [1.82, 2.24) is 4.98 Å². The van der Waals surface area contributed by atoms with E-state index in [1.165, 1.54) is 12.3 Å². The van der Waals surface area contributed by atoms with E-state index in [2.05, 4.69) is 4.98 Å². The van der Waals surface area contributed by atoms with E-state index in [9.17, 15) is 22.4 Å². The first-order valence-corrected chi connectivity index (χ1v) is 5.45. The van der Waals surface area contributed by atoms with E-state index in [-0.39, 0.29) is 5.56 Å². The van der Waals surface area contributed by atoms with E-state index < -0.39 is 24.6 Å². The normalized spacial score (nSPS) is 12.1. The van der Waals surface area contributed by atoms with Crippen molar-refractivity contribution >= 4 is 16.7 Å². The van der Waals surface area contributed by atoms with Gasteiger partial charge in [0.2, 0.25) is 5.78 Å². The van der Waals surface area contributed by atoms with Gasteiger partial charge in [0.05, 0.1) is 5.52 Å². The minimum absolute atomic E-state index is 0.260. The maximum Gasteiger partial charge on any atom is 0.364 e. The Labute approximate surface area is 106 Å². The molecule has 0 saturated carbocycles. The van der Waals surface area contributed by atoms with Gasteiger partial charge >= 0.3 is 12.3 Å². The summed E-state index contributed by atoms with van der Waals surface area (Å²) in [4.78, 5) is 15.3. The second-order valence-electron chi connectivity index (χ2n) is 4.01. The summed E-state index contributed by atoms with van der Waals surface area (Å²) >= 11 is 0. The lowest BCUT2D eigenvalue weighted by atomic mass is 10.0. The zero-order valence-electron chi connectivity index (χ0n) is 9.62. The third-order valence-electron chi connectivity index (χ3n) is 2.74. The van der Waals surface area contributed by atoms with Crippen LogP contribution in [-0.4, -0.2) is 23.1 Å². The molecule has 2 aromatic rings. The number of pyridine rings is 1. The van der Waals surface area contributed by atoms with Crippen LogP contribution in [0.2, 0.25) is 0 Å². The average molecular weight is 271 g/mol. The zero-order valence-corrected chi connectivity index (χ0v) is 9.62. The second kappa shape index (κ2) is 4.95. The molecule has 0 fully saturated rings. The first kappa shape index (κ1) is 13.5. The Morgan fingerprint density at radius 1 is 1.21 bits per heavy atom. The van der Waals surface area contributed by atoms with Crippen molar-refractivity contribution in [2.45, 2.75) is 18.8 Å². The van der Waals surface area contributed by atoms with Gasteiger partial charge in [0.1, 0.15) is 0 Å². The number of benzene rings is 1. The summed E-state index contributed by atoms with van der Waals surface area (Å²) < 4.78 is 50.0. The molecule has 19 heavy (non-hydrogen) atoms. The van der Waals surface area contributed by atoms with Crippen LogP contribution in [0.1, 0.15) is 5.56 Å². The number of carbonyl (C=O) groups is 1. The molecule has 100 valence electrons. The Hall–Kier alpha value is -1.98. The Balaban J connectivity index is 2.35. The number of fused-ring (bicyclic) bond motifs is 1. The highest BCUT2D eigenvalue weighted by Gasteiger charge is 2.48. The highest BCUT2D eigenvalue weighted by molar-refractivity contribution is 5.92. The van der Waals surface area contributed by atoms with Crippen LogP contribution in [0.4, 0.5) is 17.6 Å². The van der Waals surface area contributed by atoms with Gasteiger partial charge in [-0.2, -0.15) is 8.78 Å². The Morgan fingerprint density at radius 3 is 2.58 bits per heavy atom. The standard InChI is InChI=1S/C13H9F4NO/c14-12(15)13(16,17)11(19)7-8-5-6-18-10-4-2-1-3-9(8)10/h1-6,12H,7H2. The van der Waals surface area contributed by atoms with E-state index in [1.54, 1.807) is 24.3 Å². The molecule has 1 aromatic carbocycles. The lowest BCUT2D eigenvalue weighted by molar-refractivity contribution is -0.166. The molecule has 0 aliphatic heterocycles. The first-order chi connectivity index (χ1) is 8.93. The summed E-state index contributed by atoms with van der Waals surface area (Å²) in [5, 5.41) is 0.503. The van der Waals surface area contributed by atoms with E-state index in [1.807, 2.05) is 0 Å². The van der Waals surface area contributed by atoms with Gasteiger partial charge in [-0.05, 0) is 17.7 Å². The number of alkyl halides is 4. The molecule has 1 heterocycles. The van der Waals surface area contributed by atoms with Crippen LogP contribution in [0.25, 0.3) is 10.9 Å². The Kier molecular flexibility index (Phi) is 3.50. The molecular weight excluding hydrogens is 262 g/mol. The fraction of sp³-hybridized carbons (Fsp3) is 0.231. The van der Waals surface area contributed by atoms with Gasteiger partial charge in [-0.3, -0.25) is 9.78 Å². The number of rotatable bonds is 4. The molecule has 0 amide bonds. The van der Waals surface area contributed by atoms with Crippen LogP contribution < -0.4 is 0 Å². The molecular formula is C13H9F4NO. The van der Waals surface area contributed by atoms with Crippen molar-refractivity contribution in [3.8, 4) is 0 Å². The number of hydrogen-bond donors (Lipinski definition) is 0. The second-order valence-corrected chi connectivity index (χ2v) is 4.01. The van der Waals surface area contributed by atoms with Crippen LogP contribution in [0.3, 0.4) is 0 Å². The molecule has 0 aliphatic carbocycles. The van der Waals surface area contributed by atoms with Crippen LogP contribution in [0.5, 0.6) is 0 Å². The van der Waals surface area contributed by atoms with Crippen molar-refractivity contribution < 1.29 is 22.4 Å². The molecule has 0 saturated heterocycles. The SMILES string of the molecule is O=C(Cc1ccnc2ccccc12)C(F)(F)C(F)F. The smallest absolute Gasteiger partial charge is 0.292 e. The molecule has 1 aromatic heterocycles. The minimum Gasteiger partial charge on any atom is -0.292 e. The third-order valence-corrected chi connectivity index (χ3v) is 2.74. The molecule has 0 atom stereocenters. The van der Waals surface area contributed by atoms with Gasteiger partial charge in [-0.25, -0.2) is 8.78 Å². The predicted octanol–water partition coefficient (Wildman–Crippen LogP) is 3.25. The van der Waals surface area contributed by atoms with Crippen molar-refractivity contribution in [2.24, 2.45) is 0 Å². The third kappa shape index (κ3) is 2.57. The number of nitrogens with zero attached hydrogens (tertiary/aromatic N) is 1. The van der Waals surface area contributed by atoms with Crippen molar-refractivity contribution in [1.29, 1.82) is 0 Å². The molecule has 0 aliphatic rings. The van der Waals surface area contributed by atoms with Crippen LogP contribution >= 0.6 is 0 Å². The topological polar surface area (TPSA) is 30.0 Å². The van der Waals surface area contributed by atoms with Gasteiger partial charge in [-0.1, -0.05) is 18.2 Å². The van der Waals surface area contributed by atoms with Crippen LogP contribution in [-0.2, 0) is 11.2 Å². The highest BCUT2D eigenvalue weighted by atomic mass is 19.3. The van der Waals surface area contributed by atoms with Gasteiger partial charge in [0, 0.05) is 18.0 Å². The molecule has 0 unspecified atom stereocenters. The summed E-state index contributed by atoms with van der Waals surface area (Å²) in [6.45, 7) is 0. The van der Waals surface area contributed by atoms with Crippen molar-refractivity contribution in [3.63, 3.8) is 0 Å². The van der Waals surface area contributed by atoms with Gasteiger partial charge in [0.25, 0.3) is 0 Å². The Bertz CT molecular complexity index is 607. The molecule has 6 heteroatoms. The largest absolute Gasteiger partial charge is 0.364 e. The van der Waals surface area contributed by atoms with Gasteiger partial charge < -0.3 is 0 Å². The highest BCUT2D eigenvalue weighted by Crippen LogP contribution is 2.27. The number of halogens is 4. The number of ketones is 1. The fourth-order valence-corrected chi connectivity index (χ4v) is 1.72. The quantitative estimate of drug-likeness (QED) is 0.799. The first-order valence-electron chi connectivity index (χ1n) is 5.45. The molecule has 2 nitrogen and oxygen atoms in total. The van der Waals surface area contributed by atoms with Crippen LogP contribution in [0.15, 0.2) is 36.5 Å². The number of carbonyl (C=O) groups excluding carboxylic acids is 1. The molecule has 0 radical (unpaired) electrons. The van der Waals surface area contributed by atoms with E-state index in [4.69, 9.17) is 0 Å². The Morgan fingerprint density at radius 2 is 1.89 bits per heavy atom. The summed E-state index contributed by atoms with van der Waals surface area (Å²) in [5.74, 6) is -6.41. The zero-order chi connectivity index (χ0) is 14.0. The van der Waals surface area contributed by atoms with Crippen LogP contribution in [0, 0.1) is 0 Å². The number of Topliss-reactive ketones (excluding diaryl/α,β-unsaturated/α-hetero) is 1. The monoisotopic (exact) mass is 271 g/mol. The molecule has 2 rings (SSSR count). The summed E-state index contributed by atoms with van der Waals surface area (Å²) in [5.41, 5.74) is 0.782.